The summed E-state index contributed by atoms with van der Waals surface area (Å²) in [7, 11) is 1.85. The van der Waals surface area contributed by atoms with E-state index >= 15 is 0 Å². The second kappa shape index (κ2) is 5.83. The Morgan fingerprint density at radius 1 is 1.31 bits per heavy atom. The van der Waals surface area contributed by atoms with Gasteiger partial charge in [0.15, 0.2) is 0 Å². The first-order valence-corrected chi connectivity index (χ1v) is 7.71. The first kappa shape index (κ1) is 12.8. The van der Waals surface area contributed by atoms with Crippen LogP contribution in [-0.2, 0) is 4.74 Å². The maximum atomic E-state index is 5.50. The molecule has 1 atom stereocenters. The van der Waals surface area contributed by atoms with Gasteiger partial charge in [-0.05, 0) is 37.6 Å². The number of hydrogen-bond donors (Lipinski definition) is 0. The quantitative estimate of drug-likeness (QED) is 0.738. The first-order valence-electron chi connectivity index (χ1n) is 6.59. The second-order valence-electron chi connectivity index (χ2n) is 5.58. The predicted octanol–water partition coefficient (Wildman–Crippen LogP) is 3.05. The summed E-state index contributed by atoms with van der Waals surface area (Å²) >= 11 is 3.73. The molecule has 0 aromatic heterocycles. The van der Waals surface area contributed by atoms with Gasteiger partial charge in [0.2, 0.25) is 0 Å². The summed E-state index contributed by atoms with van der Waals surface area (Å²) in [6, 6.07) is 0. The topological polar surface area (TPSA) is 12.5 Å². The number of rotatable bonds is 4. The van der Waals surface area contributed by atoms with Crippen molar-refractivity contribution >= 4 is 15.9 Å². The molecule has 2 rings (SSSR count). The van der Waals surface area contributed by atoms with Crippen LogP contribution in [0.1, 0.15) is 38.5 Å². The summed E-state index contributed by atoms with van der Waals surface area (Å²) < 4.78 is 5.50. The minimum atomic E-state index is 0.475. The van der Waals surface area contributed by atoms with Gasteiger partial charge in [-0.15, -0.1) is 0 Å². The van der Waals surface area contributed by atoms with Crippen LogP contribution in [0.3, 0.4) is 0 Å². The third-order valence-electron chi connectivity index (χ3n) is 4.30. The van der Waals surface area contributed by atoms with Crippen molar-refractivity contribution in [1.29, 1.82) is 0 Å². The van der Waals surface area contributed by atoms with Crippen LogP contribution < -0.4 is 0 Å². The lowest BCUT2D eigenvalue weighted by Gasteiger charge is -2.38. The van der Waals surface area contributed by atoms with Crippen LogP contribution in [0.15, 0.2) is 0 Å². The number of piperidine rings is 1. The van der Waals surface area contributed by atoms with Crippen molar-refractivity contribution in [3.63, 3.8) is 0 Å². The van der Waals surface area contributed by atoms with Crippen LogP contribution in [0.2, 0.25) is 0 Å². The van der Waals surface area contributed by atoms with Gasteiger partial charge in [-0.2, -0.15) is 0 Å². The highest BCUT2D eigenvalue weighted by Crippen LogP contribution is 2.40. The van der Waals surface area contributed by atoms with Crippen LogP contribution in [0, 0.1) is 5.41 Å². The Labute approximate surface area is 108 Å². The number of nitrogens with zero attached hydrogens (tertiary/aromatic N) is 1. The summed E-state index contributed by atoms with van der Waals surface area (Å²) in [4.78, 5) is 2.63. The Hall–Kier alpha value is 0.400. The van der Waals surface area contributed by atoms with E-state index in [9.17, 15) is 0 Å². The third kappa shape index (κ3) is 2.99. The Balaban J connectivity index is 1.87. The Morgan fingerprint density at radius 2 is 2.06 bits per heavy atom. The molecule has 1 unspecified atom stereocenters. The zero-order valence-corrected chi connectivity index (χ0v) is 12.0. The normalized spacial score (nSPS) is 30.8. The molecule has 0 spiro atoms. The molecule has 0 bridgehead atoms. The second-order valence-corrected chi connectivity index (χ2v) is 6.14. The lowest BCUT2D eigenvalue weighted by Crippen LogP contribution is -2.45. The predicted molar refractivity (Wildman–Crippen MR) is 71.2 cm³/mol. The molecule has 16 heavy (non-hydrogen) atoms. The van der Waals surface area contributed by atoms with E-state index in [4.69, 9.17) is 4.74 Å². The lowest BCUT2D eigenvalue weighted by atomic mass is 9.87. The number of hydrogen-bond acceptors (Lipinski definition) is 2. The van der Waals surface area contributed by atoms with Gasteiger partial charge in [0, 0.05) is 25.5 Å². The van der Waals surface area contributed by atoms with E-state index in [2.05, 4.69) is 20.8 Å². The number of alkyl halides is 1. The van der Waals surface area contributed by atoms with Gasteiger partial charge in [0.05, 0.1) is 6.10 Å². The Morgan fingerprint density at radius 3 is 2.69 bits per heavy atom. The van der Waals surface area contributed by atoms with Crippen molar-refractivity contribution in [2.45, 2.75) is 44.6 Å². The molecule has 3 heteroatoms. The zero-order valence-electron chi connectivity index (χ0n) is 10.4. The molecular formula is C13H24BrNO. The molecule has 2 fully saturated rings. The number of methoxy groups -OCH3 is 1. The summed E-state index contributed by atoms with van der Waals surface area (Å²) in [5.74, 6) is 0. The van der Waals surface area contributed by atoms with Crippen molar-refractivity contribution in [3.05, 3.63) is 0 Å². The summed E-state index contributed by atoms with van der Waals surface area (Å²) in [5, 5.41) is 1.17. The van der Waals surface area contributed by atoms with E-state index in [-0.39, 0.29) is 0 Å². The molecule has 2 aliphatic rings. The lowest BCUT2D eigenvalue weighted by molar-refractivity contribution is 0.0177. The number of halogens is 1. The molecule has 1 aliphatic heterocycles. The largest absolute Gasteiger partial charge is 0.380 e. The highest BCUT2D eigenvalue weighted by Gasteiger charge is 2.35. The molecule has 1 aliphatic carbocycles. The van der Waals surface area contributed by atoms with Crippen molar-refractivity contribution in [3.8, 4) is 0 Å². The SMILES string of the molecule is COC1CCCN(CC2(CBr)CCCC2)C1. The fourth-order valence-electron chi connectivity index (χ4n) is 3.28. The van der Waals surface area contributed by atoms with E-state index < -0.39 is 0 Å². The molecule has 0 amide bonds. The van der Waals surface area contributed by atoms with Crippen LogP contribution in [0.25, 0.3) is 0 Å². The Bertz CT molecular complexity index is 216. The van der Waals surface area contributed by atoms with E-state index in [1.54, 1.807) is 0 Å². The molecule has 1 saturated carbocycles. The van der Waals surface area contributed by atoms with Crippen molar-refractivity contribution in [2.75, 3.05) is 32.1 Å². The van der Waals surface area contributed by atoms with Gasteiger partial charge < -0.3 is 9.64 Å². The third-order valence-corrected chi connectivity index (χ3v) is 5.49. The summed E-state index contributed by atoms with van der Waals surface area (Å²) in [6.45, 7) is 3.69. The van der Waals surface area contributed by atoms with Crippen LogP contribution in [0.5, 0.6) is 0 Å². The van der Waals surface area contributed by atoms with Gasteiger partial charge in [-0.1, -0.05) is 28.8 Å². The molecular weight excluding hydrogens is 266 g/mol. The smallest absolute Gasteiger partial charge is 0.0698 e. The van der Waals surface area contributed by atoms with E-state index in [1.165, 1.54) is 56.9 Å². The van der Waals surface area contributed by atoms with E-state index in [0.29, 0.717) is 11.5 Å². The molecule has 94 valence electrons. The first-order chi connectivity index (χ1) is 7.78. The average Bonchev–Trinajstić information content (AvgIpc) is 2.78. The zero-order chi connectivity index (χ0) is 11.4. The molecule has 0 N–H and O–H groups in total. The van der Waals surface area contributed by atoms with Crippen LogP contribution >= 0.6 is 15.9 Å². The standard InChI is InChI=1S/C13H24BrNO/c1-16-12-5-4-8-15(9-12)11-13(10-14)6-2-3-7-13/h12H,2-11H2,1H3. The van der Waals surface area contributed by atoms with Gasteiger partial charge in [-0.3, -0.25) is 0 Å². The van der Waals surface area contributed by atoms with E-state index in [0.717, 1.165) is 6.54 Å². The molecule has 2 nitrogen and oxygen atoms in total. The molecule has 1 heterocycles. The van der Waals surface area contributed by atoms with Crippen molar-refractivity contribution in [1.82, 2.24) is 4.90 Å². The van der Waals surface area contributed by atoms with Gasteiger partial charge in [0.25, 0.3) is 0 Å². The molecule has 0 aromatic rings. The van der Waals surface area contributed by atoms with Crippen molar-refractivity contribution in [2.24, 2.45) is 5.41 Å². The number of ether oxygens (including phenoxy) is 1. The minimum Gasteiger partial charge on any atom is -0.380 e. The van der Waals surface area contributed by atoms with Gasteiger partial charge >= 0.3 is 0 Å². The van der Waals surface area contributed by atoms with E-state index in [1.807, 2.05) is 7.11 Å². The fraction of sp³-hybridized carbons (Fsp3) is 1.00. The average molecular weight is 290 g/mol. The molecule has 0 aromatic carbocycles. The van der Waals surface area contributed by atoms with Crippen LogP contribution in [0.4, 0.5) is 0 Å². The summed E-state index contributed by atoms with van der Waals surface area (Å²) in [6.07, 6.45) is 8.69. The molecule has 1 saturated heterocycles. The highest BCUT2D eigenvalue weighted by atomic mass is 79.9. The van der Waals surface area contributed by atoms with Crippen molar-refractivity contribution < 1.29 is 4.74 Å². The maximum Gasteiger partial charge on any atom is 0.0698 e. The minimum absolute atomic E-state index is 0.475. The number of likely N-dealkylation sites (tertiary alicyclic amines) is 1. The maximum absolute atomic E-state index is 5.50. The van der Waals surface area contributed by atoms with Gasteiger partial charge in [-0.25, -0.2) is 0 Å². The van der Waals surface area contributed by atoms with Gasteiger partial charge in [0.1, 0.15) is 0 Å². The Kier molecular flexibility index (Phi) is 4.68. The highest BCUT2D eigenvalue weighted by molar-refractivity contribution is 9.09. The van der Waals surface area contributed by atoms with Crippen LogP contribution in [-0.4, -0.2) is 43.1 Å². The summed E-state index contributed by atoms with van der Waals surface area (Å²) in [5.41, 5.74) is 0.565. The molecule has 0 radical (unpaired) electrons. The fourth-order valence-corrected chi connectivity index (χ4v) is 4.02. The monoisotopic (exact) mass is 289 g/mol.